The van der Waals surface area contributed by atoms with E-state index in [-0.39, 0.29) is 30.6 Å². The van der Waals surface area contributed by atoms with E-state index in [2.05, 4.69) is 19.9 Å². The molecule has 27 heavy (non-hydrogen) atoms. The molecule has 1 aromatic carbocycles. The molecule has 0 radical (unpaired) electrons. The molecular weight excluding hydrogens is 362 g/mol. The zero-order valence-electron chi connectivity index (χ0n) is 14.6. The lowest BCUT2D eigenvalue weighted by atomic mass is 10.1. The number of hydrogen-bond acceptors (Lipinski definition) is 6. The van der Waals surface area contributed by atoms with Gasteiger partial charge in [-0.1, -0.05) is 40.9 Å². The summed E-state index contributed by atoms with van der Waals surface area (Å²) in [7, 11) is 0. The average Bonchev–Trinajstić information content (AvgIpc) is 3.23. The first-order chi connectivity index (χ1) is 13.2. The fourth-order valence-electron chi connectivity index (χ4n) is 2.55. The van der Waals surface area contributed by atoms with Gasteiger partial charge in [0.05, 0.1) is 0 Å². The van der Waals surface area contributed by atoms with Gasteiger partial charge in [-0.05, 0) is 35.1 Å². The quantitative estimate of drug-likeness (QED) is 0.644. The third kappa shape index (κ3) is 5.68. The summed E-state index contributed by atoms with van der Waals surface area (Å²) in [5.41, 5.74) is 2.22. The number of aromatic nitrogens is 3. The molecule has 0 aliphatic rings. The van der Waals surface area contributed by atoms with Crippen LogP contribution >= 0.6 is 11.5 Å². The second kappa shape index (κ2) is 9.54. The fourth-order valence-corrected chi connectivity index (χ4v) is 2.98. The van der Waals surface area contributed by atoms with Gasteiger partial charge in [0.15, 0.2) is 5.69 Å². The lowest BCUT2D eigenvalue weighted by molar-refractivity contribution is -0.121. The topological polar surface area (TPSA) is 88.1 Å². The standard InChI is InChI=1S/C19H19N5O2S/c25-18(21-10-8-15-5-2-1-3-6-15)13-24(12-16-7-4-9-20-11-16)19(26)17-14-27-23-22-17/h1-7,9,11,14H,8,10,12-13H2,(H,21,25). The van der Waals surface area contributed by atoms with Crippen molar-refractivity contribution in [1.82, 2.24) is 24.8 Å². The number of nitrogens with zero attached hydrogens (tertiary/aromatic N) is 4. The summed E-state index contributed by atoms with van der Waals surface area (Å²) in [6, 6.07) is 13.6. The van der Waals surface area contributed by atoms with E-state index in [0.29, 0.717) is 6.54 Å². The Hall–Kier alpha value is -3.13. The summed E-state index contributed by atoms with van der Waals surface area (Å²) < 4.78 is 3.73. The molecule has 1 N–H and O–H groups in total. The highest BCUT2D eigenvalue weighted by atomic mass is 32.1. The number of carbonyl (C=O) groups is 2. The number of hydrogen-bond donors (Lipinski definition) is 1. The number of pyridine rings is 1. The van der Waals surface area contributed by atoms with Crippen molar-refractivity contribution in [3.8, 4) is 0 Å². The summed E-state index contributed by atoms with van der Waals surface area (Å²) in [4.78, 5) is 30.5. The molecule has 0 atom stereocenters. The summed E-state index contributed by atoms with van der Waals surface area (Å²) >= 11 is 1.10. The largest absolute Gasteiger partial charge is 0.354 e. The predicted molar refractivity (Wildman–Crippen MR) is 102 cm³/mol. The Morgan fingerprint density at radius 3 is 2.59 bits per heavy atom. The Bertz CT molecular complexity index is 856. The van der Waals surface area contributed by atoms with E-state index in [1.165, 1.54) is 4.90 Å². The van der Waals surface area contributed by atoms with Crippen LogP contribution in [0.1, 0.15) is 21.6 Å². The SMILES string of the molecule is O=C(CN(Cc1cccnc1)C(=O)c1csnn1)NCCc1ccccc1. The van der Waals surface area contributed by atoms with Crippen LogP contribution in [0.25, 0.3) is 0 Å². The third-order valence-corrected chi connectivity index (χ3v) is 4.38. The van der Waals surface area contributed by atoms with E-state index < -0.39 is 0 Å². The van der Waals surface area contributed by atoms with E-state index in [4.69, 9.17) is 0 Å². The molecule has 7 nitrogen and oxygen atoms in total. The Balaban J connectivity index is 1.60. The van der Waals surface area contributed by atoms with Crippen LogP contribution in [0.15, 0.2) is 60.2 Å². The van der Waals surface area contributed by atoms with Crippen LogP contribution in [0.5, 0.6) is 0 Å². The van der Waals surface area contributed by atoms with Gasteiger partial charge in [0.1, 0.15) is 6.54 Å². The summed E-state index contributed by atoms with van der Waals surface area (Å²) in [5.74, 6) is -0.544. The first kappa shape index (κ1) is 18.7. The van der Waals surface area contributed by atoms with Crippen LogP contribution in [0.4, 0.5) is 0 Å². The number of benzene rings is 1. The van der Waals surface area contributed by atoms with Crippen LogP contribution < -0.4 is 5.32 Å². The maximum Gasteiger partial charge on any atom is 0.276 e. The van der Waals surface area contributed by atoms with E-state index in [0.717, 1.165) is 29.1 Å². The molecule has 3 rings (SSSR count). The van der Waals surface area contributed by atoms with Crippen LogP contribution in [0, 0.1) is 0 Å². The molecule has 0 saturated heterocycles. The Labute approximate surface area is 161 Å². The van der Waals surface area contributed by atoms with E-state index in [9.17, 15) is 9.59 Å². The second-order valence-corrected chi connectivity index (χ2v) is 6.51. The van der Waals surface area contributed by atoms with Gasteiger partial charge in [-0.3, -0.25) is 14.6 Å². The van der Waals surface area contributed by atoms with Crippen molar-refractivity contribution < 1.29 is 9.59 Å². The Morgan fingerprint density at radius 1 is 1.07 bits per heavy atom. The van der Waals surface area contributed by atoms with Crippen LogP contribution in [0.2, 0.25) is 0 Å². The first-order valence-corrected chi connectivity index (χ1v) is 9.32. The highest BCUT2D eigenvalue weighted by molar-refractivity contribution is 7.03. The van der Waals surface area contributed by atoms with Gasteiger partial charge in [-0.15, -0.1) is 5.10 Å². The van der Waals surface area contributed by atoms with Crippen molar-refractivity contribution in [3.05, 3.63) is 77.1 Å². The lowest BCUT2D eigenvalue weighted by Gasteiger charge is -2.21. The number of amides is 2. The van der Waals surface area contributed by atoms with Crippen molar-refractivity contribution in [2.45, 2.75) is 13.0 Å². The van der Waals surface area contributed by atoms with Crippen LogP contribution in [0.3, 0.4) is 0 Å². The van der Waals surface area contributed by atoms with Gasteiger partial charge >= 0.3 is 0 Å². The van der Waals surface area contributed by atoms with Gasteiger partial charge in [-0.2, -0.15) is 0 Å². The Morgan fingerprint density at radius 2 is 1.89 bits per heavy atom. The number of nitrogens with one attached hydrogen (secondary N) is 1. The predicted octanol–water partition coefficient (Wildman–Crippen LogP) is 1.93. The molecule has 0 aliphatic carbocycles. The Kier molecular flexibility index (Phi) is 6.59. The van der Waals surface area contributed by atoms with Crippen molar-refractivity contribution in [2.75, 3.05) is 13.1 Å². The molecule has 2 amide bonds. The monoisotopic (exact) mass is 381 g/mol. The minimum Gasteiger partial charge on any atom is -0.354 e. The second-order valence-electron chi connectivity index (χ2n) is 5.90. The van der Waals surface area contributed by atoms with E-state index in [1.54, 1.807) is 23.8 Å². The van der Waals surface area contributed by atoms with Crippen molar-refractivity contribution in [2.24, 2.45) is 0 Å². The molecule has 0 fully saturated rings. The molecule has 0 unspecified atom stereocenters. The maximum atomic E-state index is 12.7. The van der Waals surface area contributed by atoms with Gasteiger partial charge in [-0.25, -0.2) is 0 Å². The number of rotatable bonds is 8. The molecule has 138 valence electrons. The summed E-state index contributed by atoms with van der Waals surface area (Å²) in [6.07, 6.45) is 4.07. The molecule has 0 bridgehead atoms. The molecule has 3 aromatic rings. The van der Waals surface area contributed by atoms with E-state index >= 15 is 0 Å². The average molecular weight is 381 g/mol. The normalized spacial score (nSPS) is 10.4. The van der Waals surface area contributed by atoms with Gasteiger partial charge in [0, 0.05) is 30.9 Å². The highest BCUT2D eigenvalue weighted by Crippen LogP contribution is 2.09. The van der Waals surface area contributed by atoms with E-state index in [1.807, 2.05) is 36.4 Å². The molecule has 2 aromatic heterocycles. The molecule has 2 heterocycles. The molecular formula is C19H19N5O2S. The maximum absolute atomic E-state index is 12.7. The smallest absolute Gasteiger partial charge is 0.276 e. The molecule has 0 saturated carbocycles. The first-order valence-electron chi connectivity index (χ1n) is 8.48. The van der Waals surface area contributed by atoms with Crippen molar-refractivity contribution >= 4 is 23.3 Å². The summed E-state index contributed by atoms with van der Waals surface area (Å²) in [6.45, 7) is 0.729. The zero-order chi connectivity index (χ0) is 18.9. The summed E-state index contributed by atoms with van der Waals surface area (Å²) in [5, 5.41) is 8.26. The zero-order valence-corrected chi connectivity index (χ0v) is 15.4. The molecule has 0 spiro atoms. The van der Waals surface area contributed by atoms with Gasteiger partial charge < -0.3 is 10.2 Å². The molecule has 8 heteroatoms. The fraction of sp³-hybridized carbons (Fsp3) is 0.211. The third-order valence-electron chi connectivity index (χ3n) is 3.88. The van der Waals surface area contributed by atoms with Crippen LogP contribution in [-0.2, 0) is 17.8 Å². The van der Waals surface area contributed by atoms with Crippen LogP contribution in [-0.4, -0.2) is 44.4 Å². The minimum absolute atomic E-state index is 0.0555. The van der Waals surface area contributed by atoms with Gasteiger partial charge in [0.25, 0.3) is 5.91 Å². The van der Waals surface area contributed by atoms with Crippen molar-refractivity contribution in [3.63, 3.8) is 0 Å². The molecule has 0 aliphatic heterocycles. The highest BCUT2D eigenvalue weighted by Gasteiger charge is 2.21. The van der Waals surface area contributed by atoms with Gasteiger partial charge in [0.2, 0.25) is 5.91 Å². The lowest BCUT2D eigenvalue weighted by Crippen LogP contribution is -2.41. The number of carbonyl (C=O) groups excluding carboxylic acids is 2. The minimum atomic E-state index is -0.328. The van der Waals surface area contributed by atoms with Crippen molar-refractivity contribution in [1.29, 1.82) is 0 Å².